The second-order valence-electron chi connectivity index (χ2n) is 4.55. The molecule has 4 heteroatoms. The number of ether oxygens (including phenoxy) is 1. The molecule has 0 heterocycles. The zero-order valence-corrected chi connectivity index (χ0v) is 8.70. The second kappa shape index (κ2) is 3.83. The average Bonchev–Trinajstić information content (AvgIpc) is 2.99. The van der Waals surface area contributed by atoms with Gasteiger partial charge in [0.25, 0.3) is 0 Å². The molecule has 0 aromatic rings. The predicted molar refractivity (Wildman–Crippen MR) is 52.3 cm³/mol. The van der Waals surface area contributed by atoms with Crippen LogP contribution in [0.2, 0.25) is 0 Å². The van der Waals surface area contributed by atoms with Gasteiger partial charge < -0.3 is 9.84 Å². The first-order valence-corrected chi connectivity index (χ1v) is 5.60. The Labute approximate surface area is 88.6 Å². The summed E-state index contributed by atoms with van der Waals surface area (Å²) in [5, 5.41) is 8.90. The van der Waals surface area contributed by atoms with Crippen LogP contribution in [-0.2, 0) is 14.3 Å². The third-order valence-corrected chi connectivity index (χ3v) is 3.38. The van der Waals surface area contributed by atoms with Crippen molar-refractivity contribution in [3.63, 3.8) is 0 Å². The van der Waals surface area contributed by atoms with E-state index in [-0.39, 0.29) is 6.10 Å². The highest BCUT2D eigenvalue weighted by Gasteiger charge is 2.59. The topological polar surface area (TPSA) is 63.6 Å². The number of aliphatic carboxylic acids is 1. The lowest BCUT2D eigenvalue weighted by Crippen LogP contribution is -2.31. The maximum atomic E-state index is 11.6. The molecule has 2 fully saturated rings. The van der Waals surface area contributed by atoms with Crippen molar-refractivity contribution in [3.8, 4) is 0 Å². The lowest BCUT2D eigenvalue weighted by atomic mass is 9.97. The monoisotopic (exact) mass is 212 g/mol. The van der Waals surface area contributed by atoms with Gasteiger partial charge in [0, 0.05) is 0 Å². The number of esters is 1. The number of hydrogen-bond acceptors (Lipinski definition) is 3. The van der Waals surface area contributed by atoms with Gasteiger partial charge in [0.05, 0.1) is 0 Å². The van der Waals surface area contributed by atoms with E-state index < -0.39 is 17.4 Å². The minimum absolute atomic E-state index is 0.0388. The molecule has 84 valence electrons. The van der Waals surface area contributed by atoms with Crippen LogP contribution in [0.4, 0.5) is 0 Å². The fourth-order valence-electron chi connectivity index (χ4n) is 2.08. The summed E-state index contributed by atoms with van der Waals surface area (Å²) >= 11 is 0. The summed E-state index contributed by atoms with van der Waals surface area (Å²) < 4.78 is 5.26. The maximum absolute atomic E-state index is 11.6. The highest BCUT2D eigenvalue weighted by molar-refractivity contribution is 6.02. The van der Waals surface area contributed by atoms with Crippen LogP contribution in [0.5, 0.6) is 0 Å². The number of rotatable bonds is 3. The van der Waals surface area contributed by atoms with E-state index in [2.05, 4.69) is 0 Å². The van der Waals surface area contributed by atoms with Crippen LogP contribution in [0.3, 0.4) is 0 Å². The van der Waals surface area contributed by atoms with E-state index in [9.17, 15) is 9.59 Å². The summed E-state index contributed by atoms with van der Waals surface area (Å²) in [5.41, 5.74) is -1.18. The summed E-state index contributed by atoms with van der Waals surface area (Å²) in [7, 11) is 0. The van der Waals surface area contributed by atoms with Gasteiger partial charge in [-0.05, 0) is 38.5 Å². The first kappa shape index (κ1) is 10.5. The highest BCUT2D eigenvalue weighted by Crippen LogP contribution is 2.47. The van der Waals surface area contributed by atoms with Crippen LogP contribution < -0.4 is 0 Å². The zero-order chi connectivity index (χ0) is 10.9. The third-order valence-electron chi connectivity index (χ3n) is 3.38. The Bertz CT molecular complexity index is 274. The van der Waals surface area contributed by atoms with E-state index in [1.165, 1.54) is 6.42 Å². The minimum atomic E-state index is -1.18. The zero-order valence-electron chi connectivity index (χ0n) is 8.70. The summed E-state index contributed by atoms with van der Waals surface area (Å²) in [6.45, 7) is 0. The molecule has 2 aliphatic carbocycles. The fraction of sp³-hybridized carbons (Fsp3) is 0.818. The van der Waals surface area contributed by atoms with Gasteiger partial charge in [-0.1, -0.05) is 6.42 Å². The van der Waals surface area contributed by atoms with Gasteiger partial charge in [-0.3, -0.25) is 9.59 Å². The predicted octanol–water partition coefficient (Wildman–Crippen LogP) is 1.73. The molecule has 0 spiro atoms. The third kappa shape index (κ3) is 1.98. The Balaban J connectivity index is 1.89. The Morgan fingerprint density at radius 2 is 1.73 bits per heavy atom. The van der Waals surface area contributed by atoms with E-state index in [0.717, 1.165) is 25.7 Å². The Morgan fingerprint density at radius 3 is 2.20 bits per heavy atom. The molecule has 0 radical (unpaired) electrons. The van der Waals surface area contributed by atoms with Crippen molar-refractivity contribution in [1.82, 2.24) is 0 Å². The standard InChI is InChI=1S/C11H16O4/c12-9(13)11(6-7-11)10(14)15-8-4-2-1-3-5-8/h8H,1-7H2,(H,12,13). The van der Waals surface area contributed by atoms with Gasteiger partial charge in [-0.25, -0.2) is 0 Å². The van der Waals surface area contributed by atoms with Crippen molar-refractivity contribution < 1.29 is 19.4 Å². The van der Waals surface area contributed by atoms with Crippen LogP contribution in [0.1, 0.15) is 44.9 Å². The second-order valence-corrected chi connectivity index (χ2v) is 4.55. The van der Waals surface area contributed by atoms with Gasteiger partial charge >= 0.3 is 11.9 Å². The molecule has 1 N–H and O–H groups in total. The molecular formula is C11H16O4. The van der Waals surface area contributed by atoms with Gasteiger partial charge in [-0.2, -0.15) is 0 Å². The Kier molecular flexibility index (Phi) is 2.67. The molecule has 2 saturated carbocycles. The van der Waals surface area contributed by atoms with E-state index in [0.29, 0.717) is 12.8 Å². The highest BCUT2D eigenvalue weighted by atomic mass is 16.5. The van der Waals surface area contributed by atoms with Gasteiger partial charge in [-0.15, -0.1) is 0 Å². The van der Waals surface area contributed by atoms with Crippen LogP contribution in [-0.4, -0.2) is 23.1 Å². The van der Waals surface area contributed by atoms with Crippen molar-refractivity contribution in [2.75, 3.05) is 0 Å². The van der Waals surface area contributed by atoms with Crippen molar-refractivity contribution in [2.24, 2.45) is 5.41 Å². The molecule has 2 aliphatic rings. The molecule has 0 unspecified atom stereocenters. The number of carbonyl (C=O) groups is 2. The molecule has 0 amide bonds. The Morgan fingerprint density at radius 1 is 1.13 bits per heavy atom. The van der Waals surface area contributed by atoms with Gasteiger partial charge in [0.1, 0.15) is 6.10 Å². The number of carboxylic acids is 1. The molecule has 0 bridgehead atoms. The first-order valence-electron chi connectivity index (χ1n) is 5.60. The molecule has 0 atom stereocenters. The van der Waals surface area contributed by atoms with Crippen molar-refractivity contribution in [1.29, 1.82) is 0 Å². The summed E-state index contributed by atoms with van der Waals surface area (Å²) in [5.74, 6) is -1.54. The van der Waals surface area contributed by atoms with Crippen LogP contribution >= 0.6 is 0 Å². The van der Waals surface area contributed by atoms with Crippen LogP contribution in [0.25, 0.3) is 0 Å². The Hall–Kier alpha value is -1.06. The molecule has 0 aromatic carbocycles. The van der Waals surface area contributed by atoms with Crippen LogP contribution in [0, 0.1) is 5.41 Å². The van der Waals surface area contributed by atoms with E-state index >= 15 is 0 Å². The number of hydrogen-bond donors (Lipinski definition) is 1. The normalized spacial score (nSPS) is 24.5. The molecule has 0 saturated heterocycles. The smallest absolute Gasteiger partial charge is 0.323 e. The van der Waals surface area contributed by atoms with E-state index in [1.807, 2.05) is 0 Å². The maximum Gasteiger partial charge on any atom is 0.323 e. The van der Waals surface area contributed by atoms with Crippen molar-refractivity contribution in [3.05, 3.63) is 0 Å². The first-order chi connectivity index (χ1) is 7.15. The van der Waals surface area contributed by atoms with Crippen LogP contribution in [0.15, 0.2) is 0 Å². The van der Waals surface area contributed by atoms with E-state index in [4.69, 9.17) is 9.84 Å². The molecular weight excluding hydrogens is 196 g/mol. The summed E-state index contributed by atoms with van der Waals surface area (Å²) in [6, 6.07) is 0. The molecule has 15 heavy (non-hydrogen) atoms. The lowest BCUT2D eigenvalue weighted by Gasteiger charge is -2.23. The van der Waals surface area contributed by atoms with E-state index in [1.54, 1.807) is 0 Å². The fourth-order valence-corrected chi connectivity index (χ4v) is 2.08. The average molecular weight is 212 g/mol. The molecule has 4 nitrogen and oxygen atoms in total. The summed E-state index contributed by atoms with van der Waals surface area (Å²) in [6.07, 6.45) is 5.97. The molecule has 0 aromatic heterocycles. The van der Waals surface area contributed by atoms with Crippen molar-refractivity contribution >= 4 is 11.9 Å². The van der Waals surface area contributed by atoms with Gasteiger partial charge in [0.15, 0.2) is 5.41 Å². The quantitative estimate of drug-likeness (QED) is 0.571. The van der Waals surface area contributed by atoms with Gasteiger partial charge in [0.2, 0.25) is 0 Å². The number of carbonyl (C=O) groups excluding carboxylic acids is 1. The largest absolute Gasteiger partial charge is 0.480 e. The minimum Gasteiger partial charge on any atom is -0.480 e. The molecule has 2 rings (SSSR count). The SMILES string of the molecule is O=C(O)C1(C(=O)OC2CCCCC2)CC1. The summed E-state index contributed by atoms with van der Waals surface area (Å²) in [4.78, 5) is 22.5. The number of carboxylic acid groups (broad SMARTS) is 1. The molecule has 0 aliphatic heterocycles. The van der Waals surface area contributed by atoms with Crippen molar-refractivity contribution in [2.45, 2.75) is 51.0 Å². The lowest BCUT2D eigenvalue weighted by molar-refractivity contribution is -0.165.